The molecular weight excluding hydrogens is 450 g/mol. The SMILES string of the molecule is CO[C@@H](C)C(=O)N1CCN(c2ccc(CN(CC(C)C)S(=O)(=O)Cc3ccccc3)cc2)CC1. The van der Waals surface area contributed by atoms with Crippen molar-refractivity contribution in [3.63, 3.8) is 0 Å². The molecule has 1 atom stereocenters. The lowest BCUT2D eigenvalue weighted by atomic mass is 10.1. The van der Waals surface area contributed by atoms with E-state index in [1.807, 2.05) is 73.3 Å². The third-order valence-electron chi connectivity index (χ3n) is 6.11. The van der Waals surface area contributed by atoms with Crippen LogP contribution in [0.25, 0.3) is 0 Å². The first-order valence-electron chi connectivity index (χ1n) is 11.9. The van der Waals surface area contributed by atoms with Gasteiger partial charge in [-0.3, -0.25) is 4.79 Å². The first-order chi connectivity index (χ1) is 16.2. The summed E-state index contributed by atoms with van der Waals surface area (Å²) in [7, 11) is -1.90. The summed E-state index contributed by atoms with van der Waals surface area (Å²) in [6.07, 6.45) is -0.419. The molecule has 0 saturated carbocycles. The van der Waals surface area contributed by atoms with E-state index in [2.05, 4.69) is 4.90 Å². The van der Waals surface area contributed by atoms with Crippen molar-refractivity contribution in [3.8, 4) is 0 Å². The maximum absolute atomic E-state index is 13.2. The minimum Gasteiger partial charge on any atom is -0.372 e. The van der Waals surface area contributed by atoms with Gasteiger partial charge in [0.1, 0.15) is 6.10 Å². The smallest absolute Gasteiger partial charge is 0.251 e. The Balaban J connectivity index is 1.64. The second kappa shape index (κ2) is 11.8. The molecule has 0 radical (unpaired) electrons. The number of rotatable bonds is 10. The van der Waals surface area contributed by atoms with Crippen molar-refractivity contribution >= 4 is 21.6 Å². The molecule has 0 unspecified atom stereocenters. The molecule has 1 amide bonds. The van der Waals surface area contributed by atoms with E-state index >= 15 is 0 Å². The number of sulfonamides is 1. The van der Waals surface area contributed by atoms with Crippen LogP contribution >= 0.6 is 0 Å². The number of hydrogen-bond donors (Lipinski definition) is 0. The molecular formula is C26H37N3O4S. The van der Waals surface area contributed by atoms with Crippen LogP contribution in [0.3, 0.4) is 0 Å². The van der Waals surface area contributed by atoms with Crippen LogP contribution in [-0.2, 0) is 31.9 Å². The Bertz CT molecular complexity index is 1020. The fourth-order valence-corrected chi connectivity index (χ4v) is 5.79. The topological polar surface area (TPSA) is 70.2 Å². The Labute approximate surface area is 204 Å². The van der Waals surface area contributed by atoms with E-state index in [4.69, 9.17) is 4.74 Å². The van der Waals surface area contributed by atoms with E-state index in [1.165, 1.54) is 0 Å². The Morgan fingerprint density at radius 2 is 1.56 bits per heavy atom. The predicted molar refractivity (Wildman–Crippen MR) is 136 cm³/mol. The number of ether oxygens (including phenoxy) is 1. The van der Waals surface area contributed by atoms with E-state index in [0.29, 0.717) is 26.2 Å². The minimum atomic E-state index is -3.45. The fraction of sp³-hybridized carbons (Fsp3) is 0.500. The van der Waals surface area contributed by atoms with Crippen LogP contribution in [0, 0.1) is 5.92 Å². The molecule has 1 saturated heterocycles. The molecule has 2 aromatic rings. The largest absolute Gasteiger partial charge is 0.372 e. The van der Waals surface area contributed by atoms with Gasteiger partial charge in [-0.2, -0.15) is 4.31 Å². The summed E-state index contributed by atoms with van der Waals surface area (Å²) in [5.41, 5.74) is 2.84. The molecule has 1 aliphatic rings. The summed E-state index contributed by atoms with van der Waals surface area (Å²) in [4.78, 5) is 16.4. The summed E-state index contributed by atoms with van der Waals surface area (Å²) in [6, 6.07) is 17.4. The zero-order chi connectivity index (χ0) is 24.7. The molecule has 0 aliphatic carbocycles. The zero-order valence-corrected chi connectivity index (χ0v) is 21.5. The second-order valence-corrected chi connectivity index (χ2v) is 11.3. The van der Waals surface area contributed by atoms with Gasteiger partial charge in [-0.25, -0.2) is 8.42 Å². The van der Waals surface area contributed by atoms with Crippen molar-refractivity contribution < 1.29 is 17.9 Å². The molecule has 7 nitrogen and oxygen atoms in total. The fourth-order valence-electron chi connectivity index (χ4n) is 4.12. The van der Waals surface area contributed by atoms with Crippen molar-refractivity contribution in [2.75, 3.05) is 44.7 Å². The first kappa shape index (κ1) is 26.2. The zero-order valence-electron chi connectivity index (χ0n) is 20.7. The maximum Gasteiger partial charge on any atom is 0.251 e. The third-order valence-corrected chi connectivity index (χ3v) is 7.87. The monoisotopic (exact) mass is 487 g/mol. The van der Waals surface area contributed by atoms with Crippen molar-refractivity contribution in [3.05, 3.63) is 65.7 Å². The van der Waals surface area contributed by atoms with E-state index in [0.717, 1.165) is 29.9 Å². The van der Waals surface area contributed by atoms with Gasteiger partial charge in [0.15, 0.2) is 0 Å². The average Bonchev–Trinajstić information content (AvgIpc) is 2.83. The highest BCUT2D eigenvalue weighted by Gasteiger charge is 2.26. The number of benzene rings is 2. The Morgan fingerprint density at radius 1 is 0.941 bits per heavy atom. The molecule has 186 valence electrons. The number of amides is 1. The number of anilines is 1. The van der Waals surface area contributed by atoms with Crippen molar-refractivity contribution in [2.45, 2.75) is 39.2 Å². The molecule has 2 aromatic carbocycles. The number of carbonyl (C=O) groups excluding carboxylic acids is 1. The van der Waals surface area contributed by atoms with E-state index in [9.17, 15) is 13.2 Å². The maximum atomic E-state index is 13.2. The van der Waals surface area contributed by atoms with Crippen LogP contribution in [0.15, 0.2) is 54.6 Å². The van der Waals surface area contributed by atoms with Crippen molar-refractivity contribution in [1.82, 2.24) is 9.21 Å². The van der Waals surface area contributed by atoms with Gasteiger partial charge in [0.05, 0.1) is 5.75 Å². The molecule has 1 aliphatic heterocycles. The number of carbonyl (C=O) groups is 1. The highest BCUT2D eigenvalue weighted by atomic mass is 32.2. The van der Waals surface area contributed by atoms with Gasteiger partial charge >= 0.3 is 0 Å². The van der Waals surface area contributed by atoms with Crippen LogP contribution in [-0.4, -0.2) is 69.5 Å². The van der Waals surface area contributed by atoms with Gasteiger partial charge in [-0.15, -0.1) is 0 Å². The van der Waals surface area contributed by atoms with Crippen molar-refractivity contribution in [1.29, 1.82) is 0 Å². The lowest BCUT2D eigenvalue weighted by Crippen LogP contribution is -2.51. The van der Waals surface area contributed by atoms with E-state index in [1.54, 1.807) is 18.3 Å². The van der Waals surface area contributed by atoms with Crippen LogP contribution in [0.1, 0.15) is 31.9 Å². The highest BCUT2D eigenvalue weighted by Crippen LogP contribution is 2.21. The van der Waals surface area contributed by atoms with Gasteiger partial charge in [-0.1, -0.05) is 56.3 Å². The van der Waals surface area contributed by atoms with Gasteiger partial charge < -0.3 is 14.5 Å². The summed E-state index contributed by atoms with van der Waals surface area (Å²) < 4.78 is 33.1. The molecule has 34 heavy (non-hydrogen) atoms. The molecule has 0 bridgehead atoms. The quantitative estimate of drug-likeness (QED) is 0.514. The Kier molecular flexibility index (Phi) is 9.10. The van der Waals surface area contributed by atoms with Crippen molar-refractivity contribution in [2.24, 2.45) is 5.92 Å². The van der Waals surface area contributed by atoms with Crippen LogP contribution < -0.4 is 4.90 Å². The lowest BCUT2D eigenvalue weighted by Gasteiger charge is -2.37. The standard InChI is InChI=1S/C26H37N3O4S/c1-21(2)18-29(34(31,32)20-24-8-6-5-7-9-24)19-23-10-12-25(13-11-23)27-14-16-28(17-15-27)26(30)22(3)33-4/h5-13,21-22H,14-20H2,1-4H3/t22-/m0/s1. The number of piperazine rings is 1. The van der Waals surface area contributed by atoms with Crippen LogP contribution in [0.4, 0.5) is 5.69 Å². The summed E-state index contributed by atoms with van der Waals surface area (Å²) in [6.45, 7) is 9.51. The minimum absolute atomic E-state index is 0.00330. The first-order valence-corrected chi connectivity index (χ1v) is 13.5. The third kappa shape index (κ3) is 7.04. The number of hydrogen-bond acceptors (Lipinski definition) is 5. The van der Waals surface area contributed by atoms with Gasteiger partial charge in [0, 0.05) is 52.1 Å². The summed E-state index contributed by atoms with van der Waals surface area (Å²) >= 11 is 0. The van der Waals surface area contributed by atoms with E-state index in [-0.39, 0.29) is 17.6 Å². The molecule has 8 heteroatoms. The Hall–Kier alpha value is -2.42. The van der Waals surface area contributed by atoms with Gasteiger partial charge in [-0.05, 0) is 36.1 Å². The second-order valence-electron chi connectivity index (χ2n) is 9.28. The number of nitrogens with zero attached hydrogens (tertiary/aromatic N) is 3. The average molecular weight is 488 g/mol. The Morgan fingerprint density at radius 3 is 2.12 bits per heavy atom. The molecule has 0 aromatic heterocycles. The molecule has 1 heterocycles. The molecule has 1 fully saturated rings. The van der Waals surface area contributed by atoms with Gasteiger partial charge in [0.2, 0.25) is 10.0 Å². The van der Waals surface area contributed by atoms with Crippen LogP contribution in [0.2, 0.25) is 0 Å². The summed E-state index contributed by atoms with van der Waals surface area (Å²) in [5.74, 6) is 0.257. The highest BCUT2D eigenvalue weighted by molar-refractivity contribution is 7.88. The lowest BCUT2D eigenvalue weighted by molar-refractivity contribution is -0.141. The molecule has 0 spiro atoms. The molecule has 0 N–H and O–H groups in total. The predicted octanol–water partition coefficient (Wildman–Crippen LogP) is 3.36. The van der Waals surface area contributed by atoms with Crippen LogP contribution in [0.5, 0.6) is 0 Å². The number of methoxy groups -OCH3 is 1. The molecule has 3 rings (SSSR count). The van der Waals surface area contributed by atoms with E-state index < -0.39 is 16.1 Å². The van der Waals surface area contributed by atoms with Gasteiger partial charge in [0.25, 0.3) is 5.91 Å². The summed E-state index contributed by atoms with van der Waals surface area (Å²) in [5, 5.41) is 0. The normalized spacial score (nSPS) is 15.7.